The van der Waals surface area contributed by atoms with Crippen molar-refractivity contribution in [3.63, 3.8) is 0 Å². The van der Waals surface area contributed by atoms with Crippen LogP contribution < -0.4 is 10.6 Å². The third kappa shape index (κ3) is 14.1. The first-order chi connectivity index (χ1) is 22.2. The maximum absolute atomic E-state index is 14.9. The molecule has 1 aliphatic carbocycles. The number of hydrogen-bond donors (Lipinski definition) is 2. The van der Waals surface area contributed by atoms with Crippen molar-refractivity contribution >= 4 is 47.6 Å². The molecular formula is C29H42F2N2O15. The number of nitrogens with one attached hydrogen (secondary N) is 2. The van der Waals surface area contributed by atoms with Gasteiger partial charge in [0.05, 0.1) is 6.61 Å². The molecule has 1 saturated heterocycles. The minimum Gasteiger partial charge on any atom is -0.465 e. The summed E-state index contributed by atoms with van der Waals surface area (Å²) in [6, 6.07) is -2.41. The van der Waals surface area contributed by atoms with Crippen LogP contribution in [-0.2, 0) is 71.5 Å². The molecule has 0 spiro atoms. The van der Waals surface area contributed by atoms with Crippen molar-refractivity contribution in [2.45, 2.75) is 117 Å². The number of halogens is 2. The van der Waals surface area contributed by atoms with Crippen molar-refractivity contribution < 1.29 is 80.3 Å². The zero-order chi connectivity index (χ0) is 36.9. The molecule has 10 unspecified atom stereocenters. The summed E-state index contributed by atoms with van der Waals surface area (Å²) in [7, 11) is 0. The topological polar surface area (TPSA) is 225 Å². The summed E-state index contributed by atoms with van der Waals surface area (Å²) < 4.78 is 64.4. The molecule has 10 atom stereocenters. The van der Waals surface area contributed by atoms with Crippen LogP contribution in [0.4, 0.5) is 8.78 Å². The summed E-state index contributed by atoms with van der Waals surface area (Å²) in [5.41, 5.74) is 0. The fourth-order valence-electron chi connectivity index (χ4n) is 4.94. The van der Waals surface area contributed by atoms with E-state index in [-0.39, 0.29) is 13.0 Å². The largest absolute Gasteiger partial charge is 0.465 e. The Morgan fingerprint density at radius 2 is 1.04 bits per heavy atom. The molecule has 0 aromatic rings. The maximum Gasteiger partial charge on any atom is 0.305 e. The van der Waals surface area contributed by atoms with E-state index in [9.17, 15) is 47.1 Å². The van der Waals surface area contributed by atoms with Crippen molar-refractivity contribution in [2.75, 3.05) is 13.2 Å². The van der Waals surface area contributed by atoms with Gasteiger partial charge in [-0.15, -0.1) is 0 Å². The van der Waals surface area contributed by atoms with Gasteiger partial charge in [0.1, 0.15) is 37.0 Å². The average Bonchev–Trinajstić information content (AvgIpc) is 2.93. The van der Waals surface area contributed by atoms with Crippen molar-refractivity contribution in [3.05, 3.63) is 0 Å². The number of carbonyl (C=O) groups excluding carboxylic acids is 8. The van der Waals surface area contributed by atoms with Crippen molar-refractivity contribution in [3.8, 4) is 0 Å². The molecule has 0 bridgehead atoms. The van der Waals surface area contributed by atoms with Crippen LogP contribution in [0.15, 0.2) is 0 Å². The lowest BCUT2D eigenvalue weighted by Crippen LogP contribution is -2.64. The van der Waals surface area contributed by atoms with Crippen LogP contribution in [0.3, 0.4) is 0 Å². The molecule has 17 nitrogen and oxygen atoms in total. The van der Waals surface area contributed by atoms with E-state index in [1.165, 1.54) is 13.8 Å². The zero-order valence-corrected chi connectivity index (χ0v) is 27.8. The van der Waals surface area contributed by atoms with Gasteiger partial charge in [-0.2, -0.15) is 0 Å². The normalized spacial score (nSPS) is 29.3. The van der Waals surface area contributed by atoms with Crippen LogP contribution in [-0.4, -0.2) is 116 Å². The van der Waals surface area contributed by atoms with E-state index in [0.717, 1.165) is 41.5 Å². The summed E-state index contributed by atoms with van der Waals surface area (Å²) in [5.74, 6) is -5.91. The van der Waals surface area contributed by atoms with E-state index in [4.69, 9.17) is 33.2 Å². The molecule has 0 radical (unpaired) electrons. The number of rotatable bonds is 10. The summed E-state index contributed by atoms with van der Waals surface area (Å²) in [5, 5.41) is 4.73. The highest BCUT2D eigenvalue weighted by Crippen LogP contribution is 2.33. The van der Waals surface area contributed by atoms with Crippen LogP contribution >= 0.6 is 0 Å². The first-order valence-corrected chi connectivity index (χ1v) is 14.7. The predicted octanol–water partition coefficient (Wildman–Crippen LogP) is -0.112. The summed E-state index contributed by atoms with van der Waals surface area (Å²) in [4.78, 5) is 89.5. The second-order valence-corrected chi connectivity index (χ2v) is 10.9. The fraction of sp³-hybridized carbons (Fsp3) is 0.724. The summed E-state index contributed by atoms with van der Waals surface area (Å²) >= 11 is 0. The van der Waals surface area contributed by atoms with Gasteiger partial charge in [-0.05, 0) is 6.42 Å². The Morgan fingerprint density at radius 1 is 0.583 bits per heavy atom. The van der Waals surface area contributed by atoms with Crippen molar-refractivity contribution in [2.24, 2.45) is 5.92 Å². The molecule has 48 heavy (non-hydrogen) atoms. The van der Waals surface area contributed by atoms with E-state index in [2.05, 4.69) is 10.6 Å². The second-order valence-electron chi connectivity index (χ2n) is 10.9. The highest BCUT2D eigenvalue weighted by atomic mass is 19.1. The lowest BCUT2D eigenvalue weighted by molar-refractivity contribution is -0.256. The standard InChI is InChI=1S/C15H22FNO7.C14H20FNO8/c1-7(18)17-14-12(23-9(3)20)5-11(6-22-8(2)19)15(13(14)16)24-10(4)21;1-6(17)16-12-13(22-8(3)19)11(15)10(5-21-7(2)18)24-14(12)23-9(4)20/h11-15H,5-6H2,1-4H3,(H,17,18);10-14H,5H2,1-4H3,(H,16,17). The van der Waals surface area contributed by atoms with Crippen LogP contribution in [0.5, 0.6) is 0 Å². The Morgan fingerprint density at radius 3 is 1.50 bits per heavy atom. The highest BCUT2D eigenvalue weighted by molar-refractivity contribution is 5.74. The van der Waals surface area contributed by atoms with Crippen LogP contribution in [0.25, 0.3) is 0 Å². The van der Waals surface area contributed by atoms with Crippen LogP contribution in [0.1, 0.15) is 61.8 Å². The first-order valence-electron chi connectivity index (χ1n) is 14.7. The zero-order valence-electron chi connectivity index (χ0n) is 27.8. The van der Waals surface area contributed by atoms with Crippen LogP contribution in [0.2, 0.25) is 0 Å². The molecule has 2 N–H and O–H groups in total. The Labute approximate surface area is 274 Å². The minimum absolute atomic E-state index is 0.0656. The fourth-order valence-corrected chi connectivity index (χ4v) is 4.94. The molecule has 19 heteroatoms. The van der Waals surface area contributed by atoms with E-state index in [1.54, 1.807) is 0 Å². The molecule has 0 aromatic heterocycles. The third-order valence-electron chi connectivity index (χ3n) is 6.58. The van der Waals surface area contributed by atoms with E-state index in [0.29, 0.717) is 0 Å². The van der Waals surface area contributed by atoms with Crippen molar-refractivity contribution in [1.29, 1.82) is 0 Å². The molecule has 2 fully saturated rings. The Kier molecular flexibility index (Phi) is 16.8. The molecule has 2 rings (SSSR count). The lowest BCUT2D eigenvalue weighted by Gasteiger charge is -2.42. The average molecular weight is 697 g/mol. The Balaban J connectivity index is 0.000000480. The van der Waals surface area contributed by atoms with Gasteiger partial charge in [0.25, 0.3) is 0 Å². The lowest BCUT2D eigenvalue weighted by atomic mass is 9.80. The first kappa shape index (κ1) is 41.6. The molecular weight excluding hydrogens is 654 g/mol. The molecule has 1 aliphatic heterocycles. The van der Waals surface area contributed by atoms with E-state index >= 15 is 0 Å². The summed E-state index contributed by atoms with van der Waals surface area (Å²) in [6.07, 6.45) is -10.1. The molecule has 2 aliphatic rings. The summed E-state index contributed by atoms with van der Waals surface area (Å²) in [6.45, 7) is 8.46. The van der Waals surface area contributed by atoms with Gasteiger partial charge in [0.2, 0.25) is 18.1 Å². The molecule has 2 amide bonds. The number of ether oxygens (including phenoxy) is 7. The maximum atomic E-state index is 14.9. The quantitative estimate of drug-likeness (QED) is 0.224. The Bertz CT molecular complexity index is 1200. The van der Waals surface area contributed by atoms with Crippen LogP contribution in [0, 0.1) is 5.92 Å². The van der Waals surface area contributed by atoms with Crippen molar-refractivity contribution in [1.82, 2.24) is 10.6 Å². The highest BCUT2D eigenvalue weighted by Gasteiger charge is 2.51. The van der Waals surface area contributed by atoms with Gasteiger partial charge in [-0.25, -0.2) is 8.78 Å². The smallest absolute Gasteiger partial charge is 0.305 e. The molecule has 1 saturated carbocycles. The predicted molar refractivity (Wildman–Crippen MR) is 153 cm³/mol. The van der Waals surface area contributed by atoms with E-state index < -0.39 is 115 Å². The van der Waals surface area contributed by atoms with Gasteiger partial charge >= 0.3 is 35.8 Å². The number of hydrogen-bond acceptors (Lipinski definition) is 15. The number of amides is 2. The van der Waals surface area contributed by atoms with Gasteiger partial charge < -0.3 is 43.8 Å². The number of alkyl halides is 2. The number of esters is 6. The molecule has 272 valence electrons. The third-order valence-corrected chi connectivity index (χ3v) is 6.58. The SMILES string of the molecule is CC(=O)NC1C(OC(C)=O)CC(COC(C)=O)C(OC(C)=O)C1F.CC(=O)NC1C(OC(C)=O)OC(COC(C)=O)C(F)C1OC(C)=O. The van der Waals surface area contributed by atoms with Gasteiger partial charge in [0, 0.05) is 61.3 Å². The van der Waals surface area contributed by atoms with E-state index in [1.807, 2.05) is 0 Å². The van der Waals surface area contributed by atoms with Gasteiger partial charge in [-0.3, -0.25) is 38.4 Å². The van der Waals surface area contributed by atoms with Gasteiger partial charge in [0.15, 0.2) is 18.4 Å². The molecule has 1 heterocycles. The van der Waals surface area contributed by atoms with Gasteiger partial charge in [-0.1, -0.05) is 0 Å². The Hall–Kier alpha value is -4.42. The monoisotopic (exact) mass is 696 g/mol. The number of carbonyl (C=O) groups is 8. The minimum atomic E-state index is -1.92. The second kappa shape index (κ2) is 19.4. The molecule has 0 aromatic carbocycles.